The number of hydrogen-bond acceptors (Lipinski definition) is 7. The maximum Gasteiger partial charge on any atom is 0.387 e. The summed E-state index contributed by atoms with van der Waals surface area (Å²) in [4.78, 5) is 49.6. The first-order valence-corrected chi connectivity index (χ1v) is 11.3. The summed E-state index contributed by atoms with van der Waals surface area (Å²) in [6, 6.07) is 7.36. The van der Waals surface area contributed by atoms with Crippen molar-refractivity contribution in [1.29, 1.82) is 0 Å². The van der Waals surface area contributed by atoms with Gasteiger partial charge in [0.15, 0.2) is 9.84 Å². The molecule has 0 radical (unpaired) electrons. The molecule has 2 aromatic carbocycles. The van der Waals surface area contributed by atoms with Crippen LogP contribution in [0, 0.1) is 0 Å². The van der Waals surface area contributed by atoms with Crippen LogP contribution >= 0.6 is 0 Å². The van der Waals surface area contributed by atoms with Crippen molar-refractivity contribution < 1.29 is 41.1 Å². The van der Waals surface area contributed by atoms with Crippen molar-refractivity contribution in [3.8, 4) is 5.75 Å². The van der Waals surface area contributed by atoms with E-state index in [1.165, 1.54) is 36.4 Å². The van der Waals surface area contributed by atoms with E-state index >= 15 is 0 Å². The van der Waals surface area contributed by atoms with E-state index in [0.29, 0.717) is 5.56 Å². The summed E-state index contributed by atoms with van der Waals surface area (Å²) < 4.78 is 54.5. The van der Waals surface area contributed by atoms with Crippen LogP contribution in [0.3, 0.4) is 0 Å². The molecule has 1 unspecified atom stereocenters. The number of fused-ring (bicyclic) bond motifs is 1. The van der Waals surface area contributed by atoms with Crippen molar-refractivity contribution in [3.63, 3.8) is 0 Å². The van der Waals surface area contributed by atoms with Gasteiger partial charge in [-0.1, -0.05) is 12.1 Å². The molecular formula is C21H16F2N2O7S. The number of ether oxygens (including phenoxy) is 1. The Hall–Kier alpha value is -3.67. The van der Waals surface area contributed by atoms with Crippen molar-refractivity contribution >= 4 is 33.5 Å². The van der Waals surface area contributed by atoms with Crippen molar-refractivity contribution in [1.82, 2.24) is 10.2 Å². The van der Waals surface area contributed by atoms with Gasteiger partial charge in [-0.05, 0) is 42.3 Å². The van der Waals surface area contributed by atoms with Gasteiger partial charge >= 0.3 is 6.61 Å². The van der Waals surface area contributed by atoms with E-state index in [4.69, 9.17) is 0 Å². The largest absolute Gasteiger partial charge is 0.435 e. The summed E-state index contributed by atoms with van der Waals surface area (Å²) in [7, 11) is -3.97. The molecule has 33 heavy (non-hydrogen) atoms. The highest BCUT2D eigenvalue weighted by Gasteiger charge is 2.44. The normalized spacial score (nSPS) is 18.5. The van der Waals surface area contributed by atoms with Crippen molar-refractivity contribution in [2.24, 2.45) is 0 Å². The topological polar surface area (TPSA) is 127 Å². The predicted octanol–water partition coefficient (Wildman–Crippen LogP) is 1.66. The number of imide groups is 2. The Balaban J connectivity index is 1.57. The van der Waals surface area contributed by atoms with E-state index in [0.717, 1.165) is 11.0 Å². The van der Waals surface area contributed by atoms with Crippen molar-refractivity contribution in [2.45, 2.75) is 36.1 Å². The monoisotopic (exact) mass is 478 g/mol. The standard InChI is InChI=1S/C21H16F2N2O7S/c22-21(23)32-12-3-1-11(2-4-12)10-33(30,31)13-5-6-14-15(9-13)20(29)25(19(14)28)16-7-8-17(26)24-18(16)27/h1-6,9,16,21H,7-8,10H2,(H,24,26,27). The second kappa shape index (κ2) is 8.35. The minimum atomic E-state index is -3.97. The van der Waals surface area contributed by atoms with Gasteiger partial charge < -0.3 is 4.74 Å². The number of piperidine rings is 1. The molecule has 4 rings (SSSR count). The molecule has 2 aliphatic rings. The zero-order valence-electron chi connectivity index (χ0n) is 16.8. The molecule has 172 valence electrons. The summed E-state index contributed by atoms with van der Waals surface area (Å²) in [5.74, 6) is -3.46. The zero-order chi connectivity index (χ0) is 23.9. The van der Waals surface area contributed by atoms with Gasteiger partial charge in [-0.25, -0.2) is 8.42 Å². The molecule has 0 spiro atoms. The van der Waals surface area contributed by atoms with Crippen molar-refractivity contribution in [2.75, 3.05) is 0 Å². The van der Waals surface area contributed by atoms with Gasteiger partial charge in [0.2, 0.25) is 11.8 Å². The van der Waals surface area contributed by atoms with Gasteiger partial charge in [0.25, 0.3) is 11.8 Å². The van der Waals surface area contributed by atoms with E-state index in [-0.39, 0.29) is 34.6 Å². The first kappa shape index (κ1) is 22.5. The Morgan fingerprint density at radius 2 is 1.67 bits per heavy atom. The number of carbonyl (C=O) groups is 4. The Kier molecular flexibility index (Phi) is 5.70. The van der Waals surface area contributed by atoms with Gasteiger partial charge in [0.1, 0.15) is 11.8 Å². The molecule has 1 atom stereocenters. The lowest BCUT2D eigenvalue weighted by Gasteiger charge is -2.27. The highest BCUT2D eigenvalue weighted by Crippen LogP contribution is 2.30. The summed E-state index contributed by atoms with van der Waals surface area (Å²) >= 11 is 0. The minimum Gasteiger partial charge on any atom is -0.435 e. The number of carbonyl (C=O) groups excluding carboxylic acids is 4. The van der Waals surface area contributed by atoms with Gasteiger partial charge in [-0.3, -0.25) is 29.4 Å². The molecule has 0 bridgehead atoms. The van der Waals surface area contributed by atoms with Crippen molar-refractivity contribution in [3.05, 3.63) is 59.2 Å². The van der Waals surface area contributed by atoms with Crippen LogP contribution in [0.2, 0.25) is 0 Å². The molecule has 1 fully saturated rings. The number of hydrogen-bond donors (Lipinski definition) is 1. The van der Waals surface area contributed by atoms with Crippen LogP contribution in [-0.2, 0) is 25.2 Å². The van der Waals surface area contributed by atoms with E-state index in [9.17, 15) is 36.4 Å². The fourth-order valence-corrected chi connectivity index (χ4v) is 5.08. The number of sulfone groups is 1. The molecule has 0 aliphatic carbocycles. The van der Waals surface area contributed by atoms with Crippen LogP contribution < -0.4 is 10.1 Å². The molecule has 2 aliphatic heterocycles. The van der Waals surface area contributed by atoms with Gasteiger partial charge in [-0.2, -0.15) is 8.78 Å². The number of alkyl halides is 2. The number of halogens is 2. The minimum absolute atomic E-state index is 0.0213. The lowest BCUT2D eigenvalue weighted by molar-refractivity contribution is -0.136. The second-order valence-corrected chi connectivity index (χ2v) is 9.43. The van der Waals surface area contributed by atoms with Gasteiger partial charge in [0, 0.05) is 6.42 Å². The molecule has 0 saturated carbocycles. The van der Waals surface area contributed by atoms with Crippen LogP contribution in [0.1, 0.15) is 39.1 Å². The SMILES string of the molecule is O=C1CCC(N2C(=O)c3ccc(S(=O)(=O)Cc4ccc(OC(F)F)cc4)cc3C2=O)C(=O)N1. The van der Waals surface area contributed by atoms with Crippen LogP contribution in [0.4, 0.5) is 8.78 Å². The van der Waals surface area contributed by atoms with Crippen LogP contribution in [0.15, 0.2) is 47.4 Å². The predicted molar refractivity (Wildman–Crippen MR) is 107 cm³/mol. The average molecular weight is 478 g/mol. The first-order valence-electron chi connectivity index (χ1n) is 9.69. The number of nitrogens with zero attached hydrogens (tertiary/aromatic N) is 1. The fraction of sp³-hybridized carbons (Fsp3) is 0.238. The third kappa shape index (κ3) is 4.33. The number of benzene rings is 2. The molecule has 4 amide bonds. The average Bonchev–Trinajstić information content (AvgIpc) is 2.99. The Bertz CT molecular complexity index is 1280. The summed E-state index contributed by atoms with van der Waals surface area (Å²) in [6.07, 6.45) is -0.0584. The van der Waals surface area contributed by atoms with Gasteiger partial charge in [0.05, 0.1) is 21.8 Å². The molecule has 2 aromatic rings. The highest BCUT2D eigenvalue weighted by molar-refractivity contribution is 7.90. The molecule has 0 aromatic heterocycles. The Morgan fingerprint density at radius 1 is 1.00 bits per heavy atom. The van der Waals surface area contributed by atoms with Crippen LogP contribution in [0.5, 0.6) is 5.75 Å². The molecule has 9 nitrogen and oxygen atoms in total. The number of nitrogens with one attached hydrogen (secondary N) is 1. The summed E-state index contributed by atoms with van der Waals surface area (Å²) in [6.45, 7) is -3.01. The van der Waals surface area contributed by atoms with Crippen LogP contribution in [0.25, 0.3) is 0 Å². The smallest absolute Gasteiger partial charge is 0.387 e. The lowest BCUT2D eigenvalue weighted by Crippen LogP contribution is -2.54. The molecule has 1 N–H and O–H groups in total. The first-order chi connectivity index (χ1) is 15.6. The molecule has 1 saturated heterocycles. The Morgan fingerprint density at radius 3 is 2.30 bits per heavy atom. The number of rotatable bonds is 6. The van der Waals surface area contributed by atoms with E-state index in [1.807, 2.05) is 0 Å². The molecule has 2 heterocycles. The summed E-state index contributed by atoms with van der Waals surface area (Å²) in [5.41, 5.74) is 0.0910. The maximum atomic E-state index is 12.9. The second-order valence-electron chi connectivity index (χ2n) is 7.44. The zero-order valence-corrected chi connectivity index (χ0v) is 17.6. The fourth-order valence-electron chi connectivity index (χ4n) is 3.71. The molecule has 12 heteroatoms. The van der Waals surface area contributed by atoms with E-state index in [1.54, 1.807) is 0 Å². The van der Waals surface area contributed by atoms with E-state index in [2.05, 4.69) is 10.1 Å². The maximum absolute atomic E-state index is 12.9. The van der Waals surface area contributed by atoms with Crippen LogP contribution in [-0.4, -0.2) is 49.6 Å². The van der Waals surface area contributed by atoms with E-state index < -0.39 is 51.9 Å². The quantitative estimate of drug-likeness (QED) is 0.626. The molecular weight excluding hydrogens is 462 g/mol. The highest BCUT2D eigenvalue weighted by atomic mass is 32.2. The van der Waals surface area contributed by atoms with Gasteiger partial charge in [-0.15, -0.1) is 0 Å². The third-order valence-electron chi connectivity index (χ3n) is 5.28. The number of amides is 4. The lowest BCUT2D eigenvalue weighted by atomic mass is 10.0. The summed E-state index contributed by atoms with van der Waals surface area (Å²) in [5, 5.41) is 2.08. The third-order valence-corrected chi connectivity index (χ3v) is 6.96. The Labute approximate surface area is 186 Å².